The molecule has 0 aliphatic carbocycles. The first kappa shape index (κ1) is 15.8. The highest BCUT2D eigenvalue weighted by atomic mass is 19.1. The lowest BCUT2D eigenvalue weighted by atomic mass is 10.1. The molecule has 2 rings (SSSR count). The fourth-order valence-corrected chi connectivity index (χ4v) is 2.88. The zero-order valence-electron chi connectivity index (χ0n) is 12.9. The smallest absolute Gasteiger partial charge is 0.222 e. The van der Waals surface area contributed by atoms with Crippen LogP contribution in [0.5, 0.6) is 5.75 Å². The molecule has 0 spiro atoms. The molecule has 21 heavy (non-hydrogen) atoms. The Hall–Kier alpha value is -1.62. The van der Waals surface area contributed by atoms with Crippen molar-refractivity contribution in [3.63, 3.8) is 0 Å². The molecule has 1 fully saturated rings. The second-order valence-corrected chi connectivity index (χ2v) is 5.66. The Morgan fingerprint density at radius 3 is 2.86 bits per heavy atom. The standard InChI is InChI=1S/C16H23FN2O2/c1-4-19-10-12(7-16(19)20)9-18(2)11-13-8-14(21-3)5-6-15(13)17/h5-6,8,12H,4,7,9-11H2,1-3H3. The molecule has 116 valence electrons. The molecule has 1 aromatic carbocycles. The summed E-state index contributed by atoms with van der Waals surface area (Å²) in [6, 6.07) is 4.78. The molecule has 4 nitrogen and oxygen atoms in total. The fraction of sp³-hybridized carbons (Fsp3) is 0.562. The van der Waals surface area contributed by atoms with Crippen molar-refractivity contribution >= 4 is 5.91 Å². The van der Waals surface area contributed by atoms with Gasteiger partial charge in [0, 0.05) is 38.2 Å². The second-order valence-electron chi connectivity index (χ2n) is 5.66. The summed E-state index contributed by atoms with van der Waals surface area (Å²) >= 11 is 0. The highest BCUT2D eigenvalue weighted by Crippen LogP contribution is 2.21. The van der Waals surface area contributed by atoms with Crippen molar-refractivity contribution in [1.82, 2.24) is 9.80 Å². The van der Waals surface area contributed by atoms with E-state index in [-0.39, 0.29) is 11.7 Å². The average Bonchev–Trinajstić information content (AvgIpc) is 2.81. The third kappa shape index (κ3) is 3.94. The van der Waals surface area contributed by atoms with Crippen LogP contribution in [-0.4, -0.2) is 49.5 Å². The Labute approximate surface area is 125 Å². The predicted octanol–water partition coefficient (Wildman–Crippen LogP) is 2.13. The largest absolute Gasteiger partial charge is 0.497 e. The van der Waals surface area contributed by atoms with Gasteiger partial charge in [-0.25, -0.2) is 4.39 Å². The predicted molar refractivity (Wildman–Crippen MR) is 79.6 cm³/mol. The minimum Gasteiger partial charge on any atom is -0.497 e. The third-order valence-electron chi connectivity index (χ3n) is 3.94. The summed E-state index contributed by atoms with van der Waals surface area (Å²) in [5.41, 5.74) is 0.619. The maximum Gasteiger partial charge on any atom is 0.222 e. The maximum absolute atomic E-state index is 13.8. The van der Waals surface area contributed by atoms with Gasteiger partial charge in [0.1, 0.15) is 11.6 Å². The summed E-state index contributed by atoms with van der Waals surface area (Å²) < 4.78 is 18.9. The Morgan fingerprint density at radius 2 is 2.24 bits per heavy atom. The van der Waals surface area contributed by atoms with E-state index in [1.807, 2.05) is 18.9 Å². The number of nitrogens with zero attached hydrogens (tertiary/aromatic N) is 2. The number of carbonyl (C=O) groups excluding carboxylic acids is 1. The minimum absolute atomic E-state index is 0.222. The Kier molecular flexibility index (Phi) is 5.17. The highest BCUT2D eigenvalue weighted by molar-refractivity contribution is 5.78. The fourth-order valence-electron chi connectivity index (χ4n) is 2.88. The first-order valence-electron chi connectivity index (χ1n) is 7.32. The van der Waals surface area contributed by atoms with Gasteiger partial charge >= 0.3 is 0 Å². The van der Waals surface area contributed by atoms with Crippen LogP contribution >= 0.6 is 0 Å². The topological polar surface area (TPSA) is 32.8 Å². The van der Waals surface area contributed by atoms with Crippen LogP contribution in [0.15, 0.2) is 18.2 Å². The van der Waals surface area contributed by atoms with Crippen LogP contribution in [0.3, 0.4) is 0 Å². The van der Waals surface area contributed by atoms with Gasteiger partial charge in [0.25, 0.3) is 0 Å². The lowest BCUT2D eigenvalue weighted by Gasteiger charge is -2.21. The summed E-state index contributed by atoms with van der Waals surface area (Å²) in [7, 11) is 3.53. The molecular formula is C16H23FN2O2. The van der Waals surface area contributed by atoms with E-state index in [2.05, 4.69) is 4.90 Å². The molecule has 1 aliphatic rings. The van der Waals surface area contributed by atoms with Crippen LogP contribution in [0.4, 0.5) is 4.39 Å². The van der Waals surface area contributed by atoms with Gasteiger partial charge in [-0.1, -0.05) is 0 Å². The van der Waals surface area contributed by atoms with E-state index < -0.39 is 0 Å². The van der Waals surface area contributed by atoms with Crippen molar-refractivity contribution in [3.05, 3.63) is 29.6 Å². The van der Waals surface area contributed by atoms with E-state index in [1.165, 1.54) is 6.07 Å². The number of halogens is 1. The number of methoxy groups -OCH3 is 1. The summed E-state index contributed by atoms with van der Waals surface area (Å²) in [5, 5.41) is 0. The summed E-state index contributed by atoms with van der Waals surface area (Å²) in [4.78, 5) is 15.7. The van der Waals surface area contributed by atoms with Crippen molar-refractivity contribution in [2.75, 3.05) is 33.8 Å². The van der Waals surface area contributed by atoms with Crippen LogP contribution in [0.25, 0.3) is 0 Å². The van der Waals surface area contributed by atoms with Gasteiger partial charge < -0.3 is 14.5 Å². The zero-order valence-corrected chi connectivity index (χ0v) is 12.9. The summed E-state index contributed by atoms with van der Waals surface area (Å²) in [6.45, 7) is 4.87. The van der Waals surface area contributed by atoms with Crippen LogP contribution < -0.4 is 4.74 Å². The Balaban J connectivity index is 1.93. The number of hydrogen-bond donors (Lipinski definition) is 0. The van der Waals surface area contributed by atoms with Crippen molar-refractivity contribution in [2.45, 2.75) is 19.9 Å². The molecule has 1 amide bonds. The normalized spacial score (nSPS) is 18.6. The van der Waals surface area contributed by atoms with Crippen LogP contribution in [-0.2, 0) is 11.3 Å². The molecule has 1 atom stereocenters. The molecule has 0 saturated carbocycles. The molecule has 0 bridgehead atoms. The Morgan fingerprint density at radius 1 is 1.48 bits per heavy atom. The SMILES string of the molecule is CCN1CC(CN(C)Cc2cc(OC)ccc2F)CC1=O. The molecule has 0 radical (unpaired) electrons. The van der Waals surface area contributed by atoms with Gasteiger partial charge in [0.05, 0.1) is 7.11 Å². The van der Waals surface area contributed by atoms with E-state index in [0.29, 0.717) is 30.2 Å². The zero-order chi connectivity index (χ0) is 15.4. The minimum atomic E-state index is -0.222. The number of rotatable bonds is 6. The highest BCUT2D eigenvalue weighted by Gasteiger charge is 2.29. The summed E-state index contributed by atoms with van der Waals surface area (Å²) in [5.74, 6) is 0.993. The average molecular weight is 294 g/mol. The van der Waals surface area contributed by atoms with E-state index in [1.54, 1.807) is 19.2 Å². The van der Waals surface area contributed by atoms with Crippen molar-refractivity contribution < 1.29 is 13.9 Å². The quantitative estimate of drug-likeness (QED) is 0.806. The third-order valence-corrected chi connectivity index (χ3v) is 3.94. The van der Waals surface area contributed by atoms with Crippen LogP contribution in [0.2, 0.25) is 0 Å². The molecular weight excluding hydrogens is 271 g/mol. The van der Waals surface area contributed by atoms with Gasteiger partial charge in [-0.05, 0) is 38.1 Å². The first-order chi connectivity index (χ1) is 10.0. The van der Waals surface area contributed by atoms with Crippen LogP contribution in [0, 0.1) is 11.7 Å². The van der Waals surface area contributed by atoms with Crippen molar-refractivity contribution in [2.24, 2.45) is 5.92 Å². The van der Waals surface area contributed by atoms with Gasteiger partial charge in [-0.2, -0.15) is 0 Å². The number of likely N-dealkylation sites (tertiary alicyclic amines) is 1. The lowest BCUT2D eigenvalue weighted by Crippen LogP contribution is -2.28. The van der Waals surface area contributed by atoms with Gasteiger partial charge in [0.2, 0.25) is 5.91 Å². The summed E-state index contributed by atoms with van der Waals surface area (Å²) in [6.07, 6.45) is 0.596. The van der Waals surface area contributed by atoms with Crippen LogP contribution in [0.1, 0.15) is 18.9 Å². The van der Waals surface area contributed by atoms with Crippen molar-refractivity contribution in [1.29, 1.82) is 0 Å². The molecule has 1 saturated heterocycles. The molecule has 0 aromatic heterocycles. The second kappa shape index (κ2) is 6.89. The van der Waals surface area contributed by atoms with Gasteiger partial charge in [0.15, 0.2) is 0 Å². The van der Waals surface area contributed by atoms with Crippen molar-refractivity contribution in [3.8, 4) is 5.75 Å². The lowest BCUT2D eigenvalue weighted by molar-refractivity contribution is -0.127. The monoisotopic (exact) mass is 294 g/mol. The van der Waals surface area contributed by atoms with E-state index in [4.69, 9.17) is 4.74 Å². The first-order valence-corrected chi connectivity index (χ1v) is 7.32. The molecule has 1 aliphatic heterocycles. The molecule has 1 unspecified atom stereocenters. The van der Waals surface area contributed by atoms with Gasteiger partial charge in [-0.3, -0.25) is 4.79 Å². The molecule has 5 heteroatoms. The molecule has 1 aromatic rings. The van der Waals surface area contributed by atoms with E-state index >= 15 is 0 Å². The van der Waals surface area contributed by atoms with E-state index in [9.17, 15) is 9.18 Å². The molecule has 0 N–H and O–H groups in total. The molecule has 1 heterocycles. The maximum atomic E-state index is 13.8. The Bertz CT molecular complexity index is 507. The van der Waals surface area contributed by atoms with Gasteiger partial charge in [-0.15, -0.1) is 0 Å². The number of amides is 1. The number of benzene rings is 1. The number of hydrogen-bond acceptors (Lipinski definition) is 3. The number of ether oxygens (including phenoxy) is 1. The number of carbonyl (C=O) groups is 1. The van der Waals surface area contributed by atoms with E-state index in [0.717, 1.165) is 19.6 Å².